The fraction of sp³-hybridized carbons (Fsp3) is 0.353. The summed E-state index contributed by atoms with van der Waals surface area (Å²) in [6, 6.07) is 4.11. The van der Waals surface area contributed by atoms with E-state index in [2.05, 4.69) is 0 Å². The Balaban J connectivity index is 1.72. The maximum absolute atomic E-state index is 12.4. The number of amides is 3. The first-order valence-corrected chi connectivity index (χ1v) is 8.82. The number of hydrogen-bond acceptors (Lipinski definition) is 6. The van der Waals surface area contributed by atoms with Crippen LogP contribution < -0.4 is 0 Å². The first-order chi connectivity index (χ1) is 12.0. The Labute approximate surface area is 148 Å². The highest BCUT2D eigenvalue weighted by Crippen LogP contribution is 2.33. The first kappa shape index (κ1) is 17.3. The molecule has 2 aliphatic heterocycles. The summed E-state index contributed by atoms with van der Waals surface area (Å²) >= 11 is 0.759. The van der Waals surface area contributed by atoms with Crippen molar-refractivity contribution in [3.05, 3.63) is 28.7 Å². The zero-order valence-corrected chi connectivity index (χ0v) is 14.3. The van der Waals surface area contributed by atoms with Crippen LogP contribution in [0.15, 0.2) is 23.1 Å². The summed E-state index contributed by atoms with van der Waals surface area (Å²) in [6.45, 7) is 1.08. The largest absolute Gasteiger partial charge is 0.504 e. The number of benzene rings is 1. The number of carbonyl (C=O) groups excluding carboxylic acids is 3. The van der Waals surface area contributed by atoms with Gasteiger partial charge in [0.05, 0.1) is 4.91 Å². The van der Waals surface area contributed by atoms with Gasteiger partial charge in [0.25, 0.3) is 11.1 Å². The maximum atomic E-state index is 12.4. The van der Waals surface area contributed by atoms with Gasteiger partial charge in [-0.05, 0) is 54.8 Å². The second-order valence-corrected chi connectivity index (χ2v) is 6.95. The van der Waals surface area contributed by atoms with Crippen LogP contribution in [-0.4, -0.2) is 56.7 Å². The van der Waals surface area contributed by atoms with E-state index < -0.39 is 11.1 Å². The van der Waals surface area contributed by atoms with Gasteiger partial charge in [-0.1, -0.05) is 6.07 Å². The lowest BCUT2D eigenvalue weighted by atomic mass is 10.1. The SMILES string of the molecule is O=C(CN1C(=O)S/C(=C\c2ccc(O)c(O)c2)C1=O)N1CCCCC1. The number of imide groups is 1. The van der Waals surface area contributed by atoms with E-state index in [1.165, 1.54) is 24.3 Å². The zero-order chi connectivity index (χ0) is 18.0. The fourth-order valence-corrected chi connectivity index (χ4v) is 3.63. The van der Waals surface area contributed by atoms with Crippen molar-refractivity contribution in [2.24, 2.45) is 0 Å². The van der Waals surface area contributed by atoms with E-state index in [1.807, 2.05) is 0 Å². The number of thioether (sulfide) groups is 1. The van der Waals surface area contributed by atoms with Crippen LogP contribution in [0.1, 0.15) is 24.8 Å². The van der Waals surface area contributed by atoms with Crippen LogP contribution in [0.4, 0.5) is 4.79 Å². The van der Waals surface area contributed by atoms with Crippen molar-refractivity contribution < 1.29 is 24.6 Å². The average Bonchev–Trinajstić information content (AvgIpc) is 2.86. The molecule has 0 aliphatic carbocycles. The molecular weight excluding hydrogens is 344 g/mol. The molecule has 3 rings (SSSR count). The molecule has 3 amide bonds. The Kier molecular flexibility index (Phi) is 4.98. The smallest absolute Gasteiger partial charge is 0.294 e. The van der Waals surface area contributed by atoms with Gasteiger partial charge >= 0.3 is 0 Å². The molecule has 25 heavy (non-hydrogen) atoms. The number of piperidine rings is 1. The van der Waals surface area contributed by atoms with Crippen molar-refractivity contribution in [2.75, 3.05) is 19.6 Å². The van der Waals surface area contributed by atoms with E-state index in [1.54, 1.807) is 4.90 Å². The third kappa shape index (κ3) is 3.79. The predicted octanol–water partition coefficient (Wildman–Crippen LogP) is 2.15. The van der Waals surface area contributed by atoms with Crippen LogP contribution >= 0.6 is 11.8 Å². The molecule has 0 saturated carbocycles. The van der Waals surface area contributed by atoms with E-state index in [9.17, 15) is 24.6 Å². The zero-order valence-electron chi connectivity index (χ0n) is 13.5. The standard InChI is InChI=1S/C17H18N2O5S/c20-12-5-4-11(8-13(12)21)9-14-16(23)19(17(24)25-14)10-15(22)18-6-2-1-3-7-18/h4-5,8-9,20-21H,1-3,6-7,10H2/b14-9-. The van der Waals surface area contributed by atoms with Gasteiger partial charge in [-0.3, -0.25) is 19.3 Å². The molecule has 2 fully saturated rings. The molecule has 0 spiro atoms. The molecule has 7 nitrogen and oxygen atoms in total. The highest BCUT2D eigenvalue weighted by Gasteiger charge is 2.37. The lowest BCUT2D eigenvalue weighted by Gasteiger charge is -2.27. The van der Waals surface area contributed by atoms with Crippen LogP contribution in [0.3, 0.4) is 0 Å². The Hall–Kier alpha value is -2.48. The summed E-state index contributed by atoms with van der Waals surface area (Å²) in [4.78, 5) is 39.6. The number of hydrogen-bond donors (Lipinski definition) is 2. The summed E-state index contributed by atoms with van der Waals surface area (Å²) in [5.74, 6) is -1.32. The van der Waals surface area contributed by atoms with Crippen molar-refractivity contribution in [1.82, 2.24) is 9.80 Å². The molecule has 0 bridgehead atoms. The third-order valence-electron chi connectivity index (χ3n) is 4.17. The minimum atomic E-state index is -0.520. The molecule has 2 heterocycles. The number of likely N-dealkylation sites (tertiary alicyclic amines) is 1. The number of aromatic hydroxyl groups is 2. The molecule has 1 aromatic rings. The van der Waals surface area contributed by atoms with Gasteiger partial charge in [-0.25, -0.2) is 0 Å². The topological polar surface area (TPSA) is 98.1 Å². The van der Waals surface area contributed by atoms with Crippen molar-refractivity contribution >= 4 is 34.9 Å². The van der Waals surface area contributed by atoms with Crippen molar-refractivity contribution in [3.8, 4) is 11.5 Å². The van der Waals surface area contributed by atoms with Gasteiger partial charge < -0.3 is 15.1 Å². The van der Waals surface area contributed by atoms with E-state index in [0.717, 1.165) is 35.9 Å². The quantitative estimate of drug-likeness (QED) is 0.631. The summed E-state index contributed by atoms with van der Waals surface area (Å²) in [5.41, 5.74) is 0.475. The van der Waals surface area contributed by atoms with E-state index in [0.29, 0.717) is 18.7 Å². The Morgan fingerprint density at radius 3 is 2.52 bits per heavy atom. The minimum absolute atomic E-state index is 0.182. The number of carbonyl (C=O) groups is 3. The van der Waals surface area contributed by atoms with Crippen LogP contribution in [0.5, 0.6) is 11.5 Å². The molecule has 0 aromatic heterocycles. The average molecular weight is 362 g/mol. The second-order valence-electron chi connectivity index (χ2n) is 5.96. The van der Waals surface area contributed by atoms with Gasteiger partial charge in [0, 0.05) is 13.1 Å². The molecule has 0 radical (unpaired) electrons. The van der Waals surface area contributed by atoms with Crippen molar-refractivity contribution in [1.29, 1.82) is 0 Å². The molecule has 2 aliphatic rings. The van der Waals surface area contributed by atoms with Gasteiger partial charge in [-0.15, -0.1) is 0 Å². The number of phenols is 2. The number of nitrogens with zero attached hydrogens (tertiary/aromatic N) is 2. The summed E-state index contributed by atoms with van der Waals surface area (Å²) in [6.07, 6.45) is 4.43. The van der Waals surface area contributed by atoms with Crippen molar-refractivity contribution in [2.45, 2.75) is 19.3 Å². The molecule has 0 unspecified atom stereocenters. The lowest BCUT2D eigenvalue weighted by Crippen LogP contribution is -2.44. The second kappa shape index (κ2) is 7.18. The predicted molar refractivity (Wildman–Crippen MR) is 92.9 cm³/mol. The number of rotatable bonds is 3. The Morgan fingerprint density at radius 2 is 1.84 bits per heavy atom. The van der Waals surface area contributed by atoms with E-state index in [4.69, 9.17) is 0 Å². The van der Waals surface area contributed by atoms with E-state index >= 15 is 0 Å². The fourth-order valence-electron chi connectivity index (χ4n) is 2.80. The van der Waals surface area contributed by atoms with Gasteiger partial charge in [0.1, 0.15) is 6.54 Å². The lowest BCUT2D eigenvalue weighted by molar-refractivity contribution is -0.136. The highest BCUT2D eigenvalue weighted by molar-refractivity contribution is 8.18. The molecule has 8 heteroatoms. The van der Waals surface area contributed by atoms with Gasteiger partial charge in [0.15, 0.2) is 11.5 Å². The van der Waals surface area contributed by atoms with E-state index in [-0.39, 0.29) is 28.9 Å². The Morgan fingerprint density at radius 1 is 1.12 bits per heavy atom. The molecule has 2 saturated heterocycles. The van der Waals surface area contributed by atoms with Crippen molar-refractivity contribution in [3.63, 3.8) is 0 Å². The maximum Gasteiger partial charge on any atom is 0.294 e. The minimum Gasteiger partial charge on any atom is -0.504 e. The molecule has 1 aromatic carbocycles. The molecule has 2 N–H and O–H groups in total. The van der Waals surface area contributed by atoms with Crippen LogP contribution in [-0.2, 0) is 9.59 Å². The molecule has 0 atom stereocenters. The van der Waals surface area contributed by atoms with Crippen LogP contribution in [0.25, 0.3) is 6.08 Å². The highest BCUT2D eigenvalue weighted by atomic mass is 32.2. The first-order valence-electron chi connectivity index (χ1n) is 8.01. The number of phenolic OH excluding ortho intramolecular Hbond substituents is 2. The summed E-state index contributed by atoms with van der Waals surface area (Å²) in [5, 5.41) is 18.3. The molecular formula is C17H18N2O5S. The summed E-state index contributed by atoms with van der Waals surface area (Å²) < 4.78 is 0. The third-order valence-corrected chi connectivity index (χ3v) is 5.08. The van der Waals surface area contributed by atoms with Crippen LogP contribution in [0.2, 0.25) is 0 Å². The van der Waals surface area contributed by atoms with Crippen LogP contribution in [0, 0.1) is 0 Å². The van der Waals surface area contributed by atoms with Gasteiger partial charge in [-0.2, -0.15) is 0 Å². The molecule has 132 valence electrons. The monoisotopic (exact) mass is 362 g/mol. The summed E-state index contributed by atoms with van der Waals surface area (Å²) in [7, 11) is 0. The Bertz CT molecular complexity index is 755. The van der Waals surface area contributed by atoms with Gasteiger partial charge in [0.2, 0.25) is 5.91 Å². The normalized spacial score (nSPS) is 19.8.